The third kappa shape index (κ3) is 10.5. The Morgan fingerprint density at radius 2 is 1.82 bits per heavy atom. The van der Waals surface area contributed by atoms with E-state index in [2.05, 4.69) is 20.9 Å². The highest BCUT2D eigenvalue weighted by Gasteiger charge is 2.08. The number of hydrogen-bond acceptors (Lipinski definition) is 3. The van der Waals surface area contributed by atoms with Gasteiger partial charge in [-0.3, -0.25) is 14.6 Å². The highest BCUT2D eigenvalue weighted by Crippen LogP contribution is 2.07. The van der Waals surface area contributed by atoms with Gasteiger partial charge in [-0.15, -0.1) is 24.0 Å². The zero-order valence-electron chi connectivity index (χ0n) is 17.4. The predicted molar refractivity (Wildman–Crippen MR) is 125 cm³/mol. The maximum atomic E-state index is 12.1. The number of guanidine groups is 1. The third-order valence-electron chi connectivity index (χ3n) is 3.81. The lowest BCUT2D eigenvalue weighted by Gasteiger charge is -2.13. The number of halogens is 1. The van der Waals surface area contributed by atoms with E-state index in [9.17, 15) is 9.59 Å². The number of nitrogens with zero attached hydrogens (tertiary/aromatic N) is 2. The molecule has 0 bridgehead atoms. The molecular formula is C20H34IN5O2. The molecular weight excluding hydrogens is 469 g/mol. The molecule has 0 saturated carbocycles. The van der Waals surface area contributed by atoms with Crippen molar-refractivity contribution in [2.24, 2.45) is 4.99 Å². The van der Waals surface area contributed by atoms with Crippen LogP contribution in [0.2, 0.25) is 0 Å². The van der Waals surface area contributed by atoms with Crippen molar-refractivity contribution in [3.8, 4) is 0 Å². The molecule has 158 valence electrons. The van der Waals surface area contributed by atoms with Crippen molar-refractivity contribution < 1.29 is 9.59 Å². The first-order valence-electron chi connectivity index (χ1n) is 9.57. The molecule has 1 aromatic rings. The summed E-state index contributed by atoms with van der Waals surface area (Å²) >= 11 is 0. The molecule has 0 fully saturated rings. The second kappa shape index (κ2) is 15.1. The zero-order chi connectivity index (χ0) is 20.1. The summed E-state index contributed by atoms with van der Waals surface area (Å²) in [7, 11) is 3.50. The molecule has 0 aliphatic carbocycles. The van der Waals surface area contributed by atoms with E-state index in [1.54, 1.807) is 19.0 Å². The van der Waals surface area contributed by atoms with E-state index in [0.717, 1.165) is 24.9 Å². The molecule has 0 unspecified atom stereocenters. The van der Waals surface area contributed by atoms with Crippen molar-refractivity contribution in [2.75, 3.05) is 40.3 Å². The summed E-state index contributed by atoms with van der Waals surface area (Å²) in [5.74, 6) is 0.723. The molecule has 0 aliphatic rings. The molecule has 0 spiro atoms. The Morgan fingerprint density at radius 3 is 2.46 bits per heavy atom. The van der Waals surface area contributed by atoms with E-state index in [0.29, 0.717) is 37.6 Å². The average Bonchev–Trinajstić information content (AvgIpc) is 2.66. The lowest BCUT2D eigenvalue weighted by molar-refractivity contribution is -0.120. The normalized spacial score (nSPS) is 10.6. The Hall–Kier alpha value is -1.84. The number of aliphatic imine (C=N–C) groups is 1. The second-order valence-corrected chi connectivity index (χ2v) is 6.44. The molecule has 0 aliphatic heterocycles. The highest BCUT2D eigenvalue weighted by molar-refractivity contribution is 14.0. The molecule has 0 heterocycles. The Labute approximate surface area is 185 Å². The van der Waals surface area contributed by atoms with Gasteiger partial charge in [0.15, 0.2) is 5.96 Å². The standard InChI is InChI=1S/C20H33N5O2.HI/c1-5-12-22-18(26)11-14-24-20(21-6-2)23-13-10-16-8-7-9-17(15-16)19(27)25(3)4;/h7-9,15H,5-6,10-14H2,1-4H3,(H,22,26)(H2,21,23,24);1H. The van der Waals surface area contributed by atoms with Gasteiger partial charge in [0.1, 0.15) is 0 Å². The summed E-state index contributed by atoms with van der Waals surface area (Å²) in [6.45, 7) is 6.61. The fourth-order valence-corrected chi connectivity index (χ4v) is 2.41. The molecule has 3 N–H and O–H groups in total. The van der Waals surface area contributed by atoms with Crippen LogP contribution in [0.1, 0.15) is 42.6 Å². The monoisotopic (exact) mass is 503 g/mol. The number of carbonyl (C=O) groups is 2. The number of carbonyl (C=O) groups excluding carboxylic acids is 2. The van der Waals surface area contributed by atoms with Crippen LogP contribution in [0.3, 0.4) is 0 Å². The molecule has 8 heteroatoms. The van der Waals surface area contributed by atoms with Gasteiger partial charge in [0.2, 0.25) is 5.91 Å². The molecule has 1 aromatic carbocycles. The number of rotatable bonds is 10. The van der Waals surface area contributed by atoms with Crippen LogP contribution in [0.5, 0.6) is 0 Å². The fourth-order valence-electron chi connectivity index (χ4n) is 2.41. The summed E-state index contributed by atoms with van der Waals surface area (Å²) in [6, 6.07) is 7.66. The molecule has 28 heavy (non-hydrogen) atoms. The van der Waals surface area contributed by atoms with E-state index in [1.165, 1.54) is 0 Å². The quantitative estimate of drug-likeness (QED) is 0.259. The van der Waals surface area contributed by atoms with Crippen molar-refractivity contribution >= 4 is 41.8 Å². The Bertz CT molecular complexity index is 635. The van der Waals surface area contributed by atoms with Crippen molar-refractivity contribution in [2.45, 2.75) is 33.1 Å². The van der Waals surface area contributed by atoms with Crippen LogP contribution in [0.4, 0.5) is 0 Å². The van der Waals surface area contributed by atoms with E-state index >= 15 is 0 Å². The van der Waals surface area contributed by atoms with Crippen molar-refractivity contribution in [1.29, 1.82) is 0 Å². The Kier molecular flexibility index (Phi) is 14.1. The second-order valence-electron chi connectivity index (χ2n) is 6.44. The van der Waals surface area contributed by atoms with Crippen LogP contribution in [-0.4, -0.2) is 62.9 Å². The average molecular weight is 503 g/mol. The number of benzene rings is 1. The van der Waals surface area contributed by atoms with Gasteiger partial charge in [-0.05, 0) is 37.5 Å². The van der Waals surface area contributed by atoms with Crippen LogP contribution < -0.4 is 16.0 Å². The van der Waals surface area contributed by atoms with Gasteiger partial charge >= 0.3 is 0 Å². The number of amides is 2. The number of nitrogens with one attached hydrogen (secondary N) is 3. The van der Waals surface area contributed by atoms with Gasteiger partial charge < -0.3 is 20.9 Å². The van der Waals surface area contributed by atoms with Gasteiger partial charge in [0.05, 0.1) is 6.54 Å². The zero-order valence-corrected chi connectivity index (χ0v) is 19.7. The van der Waals surface area contributed by atoms with Crippen LogP contribution in [0.25, 0.3) is 0 Å². The van der Waals surface area contributed by atoms with Gasteiger partial charge in [-0.25, -0.2) is 0 Å². The van der Waals surface area contributed by atoms with Crippen molar-refractivity contribution in [1.82, 2.24) is 20.9 Å². The highest BCUT2D eigenvalue weighted by atomic mass is 127. The number of hydrogen-bond donors (Lipinski definition) is 3. The molecule has 2 amide bonds. The van der Waals surface area contributed by atoms with Gasteiger partial charge in [0, 0.05) is 45.7 Å². The maximum Gasteiger partial charge on any atom is 0.253 e. The predicted octanol–water partition coefficient (Wildman–Crippen LogP) is 2.02. The summed E-state index contributed by atoms with van der Waals surface area (Å²) in [5, 5.41) is 9.29. The topological polar surface area (TPSA) is 85.8 Å². The smallest absolute Gasteiger partial charge is 0.253 e. The molecule has 1 rings (SSSR count). The molecule has 0 saturated heterocycles. The summed E-state index contributed by atoms with van der Waals surface area (Å²) in [6.07, 6.45) is 2.09. The van der Waals surface area contributed by atoms with Crippen LogP contribution in [-0.2, 0) is 11.2 Å². The van der Waals surface area contributed by atoms with Crippen molar-refractivity contribution in [3.63, 3.8) is 0 Å². The lowest BCUT2D eigenvalue weighted by Crippen LogP contribution is -2.38. The first kappa shape index (κ1) is 26.2. The lowest BCUT2D eigenvalue weighted by atomic mass is 10.1. The first-order valence-corrected chi connectivity index (χ1v) is 9.57. The summed E-state index contributed by atoms with van der Waals surface area (Å²) in [4.78, 5) is 29.7. The van der Waals surface area contributed by atoms with Gasteiger partial charge in [-0.1, -0.05) is 19.1 Å². The van der Waals surface area contributed by atoms with E-state index in [-0.39, 0.29) is 35.8 Å². The van der Waals surface area contributed by atoms with Gasteiger partial charge in [0.25, 0.3) is 5.91 Å². The maximum absolute atomic E-state index is 12.1. The third-order valence-corrected chi connectivity index (χ3v) is 3.81. The van der Waals surface area contributed by atoms with Crippen LogP contribution in [0, 0.1) is 0 Å². The largest absolute Gasteiger partial charge is 0.357 e. The minimum Gasteiger partial charge on any atom is -0.357 e. The minimum atomic E-state index is 0. The van der Waals surface area contributed by atoms with Crippen LogP contribution >= 0.6 is 24.0 Å². The van der Waals surface area contributed by atoms with Crippen molar-refractivity contribution in [3.05, 3.63) is 35.4 Å². The summed E-state index contributed by atoms with van der Waals surface area (Å²) < 4.78 is 0. The van der Waals surface area contributed by atoms with Crippen LogP contribution in [0.15, 0.2) is 29.3 Å². The van der Waals surface area contributed by atoms with Gasteiger partial charge in [-0.2, -0.15) is 0 Å². The molecule has 0 atom stereocenters. The SMILES string of the molecule is CCCNC(=O)CCN=C(NCC)NCCc1cccc(C(=O)N(C)C)c1.I. The Morgan fingerprint density at radius 1 is 1.07 bits per heavy atom. The van der Waals surface area contributed by atoms with E-state index in [4.69, 9.17) is 0 Å². The molecule has 0 aromatic heterocycles. The molecule has 0 radical (unpaired) electrons. The summed E-state index contributed by atoms with van der Waals surface area (Å²) in [5.41, 5.74) is 1.78. The van der Waals surface area contributed by atoms with E-state index in [1.807, 2.05) is 38.1 Å². The Balaban J connectivity index is 0.00000729. The molecule has 7 nitrogen and oxygen atoms in total. The van der Waals surface area contributed by atoms with E-state index < -0.39 is 0 Å². The first-order chi connectivity index (χ1) is 13.0. The fraction of sp³-hybridized carbons (Fsp3) is 0.550. The minimum absolute atomic E-state index is 0.